The van der Waals surface area contributed by atoms with Crippen molar-refractivity contribution < 1.29 is 32.7 Å². The van der Waals surface area contributed by atoms with Gasteiger partial charge in [0.1, 0.15) is 12.1 Å². The molecule has 4 fully saturated rings. The summed E-state index contributed by atoms with van der Waals surface area (Å²) in [5.41, 5.74) is 4.44. The fourth-order valence-corrected chi connectivity index (χ4v) is 10.4. The first kappa shape index (κ1) is 40.0. The van der Waals surface area contributed by atoms with Crippen LogP contribution in [-0.2, 0) is 28.5 Å². The summed E-state index contributed by atoms with van der Waals surface area (Å²) in [5, 5.41) is 8.94. The van der Waals surface area contributed by atoms with Crippen LogP contribution in [0.1, 0.15) is 118 Å². The predicted octanol–water partition coefficient (Wildman–Crippen LogP) is 4.04. The number of nitrogens with one attached hydrogen (secondary N) is 3. The summed E-state index contributed by atoms with van der Waals surface area (Å²) in [7, 11) is -4.20. The summed E-state index contributed by atoms with van der Waals surface area (Å²) in [6.07, 6.45) is 15.4. The van der Waals surface area contributed by atoms with Gasteiger partial charge in [0.05, 0.1) is 17.3 Å². The van der Waals surface area contributed by atoms with E-state index in [2.05, 4.69) is 16.0 Å². The van der Waals surface area contributed by atoms with Crippen molar-refractivity contribution in [3.05, 3.63) is 12.2 Å². The lowest BCUT2D eigenvalue weighted by atomic mass is 9.82. The number of urea groups is 1. The Balaban J connectivity index is 1.62. The molecule has 0 aromatic carbocycles. The predicted molar refractivity (Wildman–Crippen MR) is 196 cm³/mol. The molecule has 3 saturated carbocycles. The first-order chi connectivity index (χ1) is 23.3. The molecule has 1 aliphatic heterocycles. The Morgan fingerprint density at radius 1 is 0.980 bits per heavy atom. The van der Waals surface area contributed by atoms with Gasteiger partial charge >= 0.3 is 6.03 Å². The molecule has 4 rings (SSSR count). The molecule has 12 nitrogen and oxygen atoms in total. The fourth-order valence-electron chi connectivity index (χ4n) is 8.32. The maximum atomic E-state index is 14.7. The molecule has 0 bridgehead atoms. The smallest absolute Gasteiger partial charge is 0.315 e. The number of rotatable bonds is 13. The Morgan fingerprint density at radius 3 is 2.12 bits per heavy atom. The first-order valence-electron chi connectivity index (χ1n) is 18.8. The van der Waals surface area contributed by atoms with Crippen LogP contribution < -0.4 is 21.7 Å². The van der Waals surface area contributed by atoms with Crippen LogP contribution in [0.3, 0.4) is 0 Å². The maximum absolute atomic E-state index is 14.7. The standard InChI is InChI=1S/C37H63N5O7S/c1-7-14-27-24(2)22-42(30(27)33(45)39-28(21-25-17-18-25)31(43)32(38)44)34(46)29(26-15-10-8-11-16-26)40-35(47)41-37(19-12-9-13-20-37)23-50(6,48,49)36(3,4)5/h7,14,24-30H,8-13,15-23H2,1-6H3,(H2,38,44)(H,39,45)(H,48,49)(H2,40,41,47)/b14-7+/t24-,27?,28?,29-,30-/m0/s1. The van der Waals surface area contributed by atoms with Gasteiger partial charge in [0.25, 0.3) is 5.91 Å². The van der Waals surface area contributed by atoms with Crippen LogP contribution in [0.4, 0.5) is 4.79 Å². The van der Waals surface area contributed by atoms with Crippen LogP contribution in [-0.4, -0.2) is 90.2 Å². The van der Waals surface area contributed by atoms with Crippen molar-refractivity contribution in [1.82, 2.24) is 20.9 Å². The summed E-state index contributed by atoms with van der Waals surface area (Å²) < 4.78 is 24.7. The fraction of sp³-hybridized carbons (Fsp3) is 0.811. The summed E-state index contributed by atoms with van der Waals surface area (Å²) in [4.78, 5) is 69.1. The molecule has 284 valence electrons. The van der Waals surface area contributed by atoms with Gasteiger partial charge in [-0.3, -0.25) is 19.2 Å². The van der Waals surface area contributed by atoms with Crippen LogP contribution in [0.25, 0.3) is 0 Å². The van der Waals surface area contributed by atoms with Gasteiger partial charge in [-0.15, -0.1) is 0 Å². The number of primary amides is 1. The molecule has 2 unspecified atom stereocenters. The van der Waals surface area contributed by atoms with E-state index in [-0.39, 0.29) is 41.9 Å². The third-order valence-electron chi connectivity index (χ3n) is 12.0. The van der Waals surface area contributed by atoms with E-state index in [1.165, 1.54) is 6.26 Å². The van der Waals surface area contributed by atoms with Crippen molar-refractivity contribution in [2.45, 2.75) is 147 Å². The highest BCUT2D eigenvalue weighted by Gasteiger charge is 2.50. The Labute approximate surface area is 298 Å². The van der Waals surface area contributed by atoms with E-state index in [0.717, 1.165) is 64.2 Å². The van der Waals surface area contributed by atoms with E-state index in [4.69, 9.17) is 5.73 Å². The minimum Gasteiger partial charge on any atom is -0.363 e. The van der Waals surface area contributed by atoms with E-state index in [9.17, 15) is 32.7 Å². The minimum absolute atomic E-state index is 0.0773. The number of carbonyl (C=O) groups is 5. The monoisotopic (exact) mass is 721 g/mol. The molecule has 4 aliphatic rings. The molecule has 0 aromatic heterocycles. The van der Waals surface area contributed by atoms with Gasteiger partial charge in [-0.05, 0) is 77.6 Å². The Bertz CT molecular complexity index is 1380. The van der Waals surface area contributed by atoms with E-state index >= 15 is 0 Å². The van der Waals surface area contributed by atoms with Crippen LogP contribution in [0.15, 0.2) is 12.2 Å². The number of allylic oxidation sites excluding steroid dienone is 1. The van der Waals surface area contributed by atoms with Crippen molar-refractivity contribution in [2.24, 2.45) is 29.4 Å². The van der Waals surface area contributed by atoms with E-state index in [0.29, 0.717) is 19.3 Å². The molecule has 0 radical (unpaired) electrons. The van der Waals surface area contributed by atoms with Crippen molar-refractivity contribution in [3.63, 3.8) is 0 Å². The molecule has 5 atom stereocenters. The average molecular weight is 722 g/mol. The zero-order valence-electron chi connectivity index (χ0n) is 31.1. The van der Waals surface area contributed by atoms with Crippen molar-refractivity contribution >= 4 is 38.9 Å². The number of hydrogen-bond donors (Lipinski definition) is 5. The van der Waals surface area contributed by atoms with Gasteiger partial charge in [0.2, 0.25) is 17.6 Å². The normalized spacial score (nSPS) is 26.7. The minimum atomic E-state index is -4.20. The Hall–Kier alpha value is -2.80. The lowest BCUT2D eigenvalue weighted by Crippen LogP contribution is -2.66. The summed E-state index contributed by atoms with van der Waals surface area (Å²) in [6, 6.07) is -3.49. The van der Waals surface area contributed by atoms with Gasteiger partial charge in [-0.1, -0.05) is 70.4 Å². The molecule has 0 spiro atoms. The lowest BCUT2D eigenvalue weighted by molar-refractivity contribution is -0.143. The molecular formula is C37H63N5O7S. The first-order valence-corrected chi connectivity index (χ1v) is 21.3. The highest BCUT2D eigenvalue weighted by atomic mass is 32.3. The Kier molecular flexibility index (Phi) is 12.3. The molecule has 5 amide bonds. The molecule has 3 aliphatic carbocycles. The quantitative estimate of drug-likeness (QED) is 0.140. The third-order valence-corrected chi connectivity index (χ3v) is 16.4. The SMILES string of the molecule is C/C=C/C1[C@@H](C(=O)NC(CC2CC2)C(=O)C(N)=O)N(C(=O)[C@@H](NC(=O)NC2(CS(C)(=O)(O)C(C)(C)C)CCCCC2)C2CCCCC2)C[C@@H]1C. The largest absolute Gasteiger partial charge is 0.363 e. The summed E-state index contributed by atoms with van der Waals surface area (Å²) in [6.45, 7) is 9.34. The molecule has 1 heterocycles. The number of likely N-dealkylation sites (tertiary alicyclic amines) is 1. The van der Waals surface area contributed by atoms with Crippen LogP contribution in [0.2, 0.25) is 0 Å². The molecule has 13 heteroatoms. The highest BCUT2D eigenvalue weighted by Crippen LogP contribution is 2.42. The summed E-state index contributed by atoms with van der Waals surface area (Å²) in [5.74, 6) is -3.28. The Morgan fingerprint density at radius 2 is 1.58 bits per heavy atom. The van der Waals surface area contributed by atoms with Crippen LogP contribution in [0.5, 0.6) is 0 Å². The second kappa shape index (κ2) is 15.4. The second-order valence-electron chi connectivity index (χ2n) is 17.0. The van der Waals surface area contributed by atoms with E-state index in [1.807, 2.05) is 26.0 Å². The van der Waals surface area contributed by atoms with E-state index < -0.39 is 61.4 Å². The van der Waals surface area contributed by atoms with Gasteiger partial charge in [0.15, 0.2) is 0 Å². The third kappa shape index (κ3) is 9.35. The van der Waals surface area contributed by atoms with Gasteiger partial charge in [0, 0.05) is 23.5 Å². The molecule has 50 heavy (non-hydrogen) atoms. The topological polar surface area (TPSA) is 188 Å². The van der Waals surface area contributed by atoms with Crippen molar-refractivity contribution in [2.75, 3.05) is 18.6 Å². The van der Waals surface area contributed by atoms with Crippen molar-refractivity contribution in [1.29, 1.82) is 0 Å². The van der Waals surface area contributed by atoms with Crippen molar-refractivity contribution in [3.8, 4) is 0 Å². The number of nitrogens with two attached hydrogens (primary N) is 1. The molecule has 0 aromatic rings. The van der Waals surface area contributed by atoms with E-state index in [1.54, 1.807) is 25.7 Å². The molecule has 1 saturated heterocycles. The average Bonchev–Trinajstić information content (AvgIpc) is 3.79. The number of hydrogen-bond acceptors (Lipinski definition) is 6. The zero-order valence-corrected chi connectivity index (χ0v) is 31.9. The number of ketones is 1. The maximum Gasteiger partial charge on any atom is 0.315 e. The van der Waals surface area contributed by atoms with Gasteiger partial charge in [-0.25, -0.2) is 9.00 Å². The molecule has 6 N–H and O–H groups in total. The second-order valence-corrected chi connectivity index (χ2v) is 21.5. The number of carbonyl (C=O) groups excluding carboxylic acids is 5. The number of nitrogens with zero attached hydrogens (tertiary/aromatic N) is 1. The number of amides is 5. The van der Waals surface area contributed by atoms with Crippen LogP contribution >= 0.6 is 0 Å². The number of Topliss-reactive ketones (excluding diaryl/α,β-unsaturated/α-hetero) is 1. The zero-order chi connectivity index (χ0) is 37.1. The molecular weight excluding hydrogens is 659 g/mol. The van der Waals surface area contributed by atoms with Gasteiger partial charge < -0.3 is 31.1 Å². The lowest BCUT2D eigenvalue weighted by Gasteiger charge is -2.55. The summed E-state index contributed by atoms with van der Waals surface area (Å²) >= 11 is 0. The highest BCUT2D eigenvalue weighted by molar-refractivity contribution is 8.15. The van der Waals surface area contributed by atoms with Gasteiger partial charge in [-0.2, -0.15) is 9.35 Å². The van der Waals surface area contributed by atoms with Crippen LogP contribution in [0, 0.1) is 23.7 Å².